The second-order valence-corrected chi connectivity index (χ2v) is 8.37. The number of phenols is 1. The summed E-state index contributed by atoms with van der Waals surface area (Å²) in [4.78, 5) is 1.64. The van der Waals surface area contributed by atoms with Crippen LogP contribution in [0.15, 0.2) is 58.3 Å². The Labute approximate surface area is 119 Å². The third kappa shape index (κ3) is 1.84. The Morgan fingerprint density at radius 3 is 2.26 bits per heavy atom. The normalized spacial score (nSPS) is 27.5. The highest BCUT2D eigenvalue weighted by Crippen LogP contribution is 2.77. The molecular weight excluding hydrogens is 280 g/mol. The van der Waals surface area contributed by atoms with E-state index >= 15 is 0 Å². The van der Waals surface area contributed by atoms with Gasteiger partial charge in [-0.1, -0.05) is 30.3 Å². The molecule has 0 radical (unpaired) electrons. The molecule has 0 fully saturated rings. The van der Waals surface area contributed by atoms with E-state index < -0.39 is 15.1 Å². The van der Waals surface area contributed by atoms with Crippen molar-refractivity contribution in [2.45, 2.75) is 29.2 Å². The molecule has 0 aliphatic carbocycles. The van der Waals surface area contributed by atoms with Gasteiger partial charge in [0.2, 0.25) is 0 Å². The predicted molar refractivity (Wildman–Crippen MR) is 78.6 cm³/mol. The first-order chi connectivity index (χ1) is 8.95. The van der Waals surface area contributed by atoms with E-state index in [1.54, 1.807) is 12.1 Å². The summed E-state index contributed by atoms with van der Waals surface area (Å²) in [6, 6.07) is 15.1. The van der Waals surface area contributed by atoms with Crippen LogP contribution in [0.4, 0.5) is 0 Å². The summed E-state index contributed by atoms with van der Waals surface area (Å²) in [6.07, 6.45) is 0. The van der Waals surface area contributed by atoms with E-state index in [4.69, 9.17) is 14.9 Å². The van der Waals surface area contributed by atoms with E-state index in [-0.39, 0.29) is 5.75 Å². The Morgan fingerprint density at radius 2 is 1.58 bits per heavy atom. The second-order valence-electron chi connectivity index (χ2n) is 5.04. The van der Waals surface area contributed by atoms with Gasteiger partial charge in [-0.2, -0.15) is 0 Å². The van der Waals surface area contributed by atoms with Crippen molar-refractivity contribution < 1.29 is 9.29 Å². The van der Waals surface area contributed by atoms with Crippen molar-refractivity contribution in [2.24, 2.45) is 0 Å². The SMILES string of the molecule is CC1(C)OS(Cl)(c2ccccc2O)c2ccccc21. The maximum atomic E-state index is 10.1. The molecule has 2 aromatic carbocycles. The van der Waals surface area contributed by atoms with Crippen LogP contribution in [0.2, 0.25) is 0 Å². The van der Waals surface area contributed by atoms with Crippen molar-refractivity contribution in [3.8, 4) is 5.75 Å². The monoisotopic (exact) mass is 294 g/mol. The highest BCUT2D eigenvalue weighted by molar-refractivity contribution is 8.48. The zero-order valence-corrected chi connectivity index (χ0v) is 12.3. The standard InChI is InChI=1S/C15H15ClO2S/c1-15(2)11-7-3-5-9-13(11)19(16,18-15)14-10-6-4-8-12(14)17/h3-10,17H,1-2H3. The number of para-hydroxylation sites is 1. The van der Waals surface area contributed by atoms with Crippen LogP contribution in [0.5, 0.6) is 5.75 Å². The van der Waals surface area contributed by atoms with Crippen molar-refractivity contribution in [3.63, 3.8) is 0 Å². The minimum absolute atomic E-state index is 0.181. The molecule has 2 nitrogen and oxygen atoms in total. The number of fused-ring (bicyclic) bond motifs is 1. The lowest BCUT2D eigenvalue weighted by Crippen LogP contribution is -2.14. The molecule has 0 aromatic heterocycles. The molecule has 0 amide bonds. The van der Waals surface area contributed by atoms with E-state index in [2.05, 4.69) is 0 Å². The molecule has 2 aromatic rings. The molecule has 1 N–H and O–H groups in total. The lowest BCUT2D eigenvalue weighted by molar-refractivity contribution is 0.146. The van der Waals surface area contributed by atoms with Crippen LogP contribution in [0.1, 0.15) is 19.4 Å². The Hall–Kier alpha value is -1.16. The fourth-order valence-electron chi connectivity index (χ4n) is 2.41. The summed E-state index contributed by atoms with van der Waals surface area (Å²) in [7, 11) is 4.66. The van der Waals surface area contributed by atoms with Gasteiger partial charge in [0.25, 0.3) is 0 Å². The summed E-state index contributed by atoms with van der Waals surface area (Å²) in [5.41, 5.74) is 0.638. The number of phenolic OH excluding ortho intramolecular Hbond substituents is 1. The first-order valence-electron chi connectivity index (χ1n) is 6.06. The minimum atomic E-state index is -2.16. The summed E-state index contributed by atoms with van der Waals surface area (Å²) in [5.74, 6) is 0.181. The number of hydrogen-bond acceptors (Lipinski definition) is 2. The predicted octanol–water partition coefficient (Wildman–Crippen LogP) is 4.95. The summed E-state index contributed by atoms with van der Waals surface area (Å²) < 4.78 is 6.16. The van der Waals surface area contributed by atoms with E-state index in [1.165, 1.54) is 0 Å². The van der Waals surface area contributed by atoms with Crippen molar-refractivity contribution in [1.82, 2.24) is 0 Å². The molecule has 1 unspecified atom stereocenters. The molecule has 1 atom stereocenters. The molecule has 0 saturated carbocycles. The molecule has 100 valence electrons. The van der Waals surface area contributed by atoms with E-state index in [0.717, 1.165) is 10.5 Å². The number of hydrogen-bond donors (Lipinski definition) is 1. The topological polar surface area (TPSA) is 29.5 Å². The van der Waals surface area contributed by atoms with E-state index in [0.29, 0.717) is 4.90 Å². The second kappa shape index (κ2) is 4.17. The molecule has 3 rings (SSSR count). The van der Waals surface area contributed by atoms with Gasteiger partial charge in [0.1, 0.15) is 11.4 Å². The van der Waals surface area contributed by atoms with Gasteiger partial charge in [0.15, 0.2) is 0 Å². The van der Waals surface area contributed by atoms with Crippen LogP contribution in [-0.4, -0.2) is 5.11 Å². The molecule has 19 heavy (non-hydrogen) atoms. The highest BCUT2D eigenvalue weighted by Gasteiger charge is 2.46. The van der Waals surface area contributed by atoms with Gasteiger partial charge in [0, 0.05) is 20.0 Å². The molecule has 0 saturated heterocycles. The molecule has 0 spiro atoms. The summed E-state index contributed by atoms with van der Waals surface area (Å²) >= 11 is 0. The van der Waals surface area contributed by atoms with Crippen molar-refractivity contribution >= 4 is 20.2 Å². The van der Waals surface area contributed by atoms with E-state index in [9.17, 15) is 5.11 Å². The van der Waals surface area contributed by atoms with Gasteiger partial charge in [-0.15, -0.1) is 0 Å². The Bertz CT molecular complexity index is 642. The van der Waals surface area contributed by atoms with Gasteiger partial charge < -0.3 is 9.29 Å². The first-order valence-corrected chi connectivity index (χ1v) is 8.45. The zero-order chi connectivity index (χ0) is 13.7. The summed E-state index contributed by atoms with van der Waals surface area (Å²) in [6.45, 7) is 4.01. The molecule has 1 heterocycles. The van der Waals surface area contributed by atoms with Crippen LogP contribution in [0.3, 0.4) is 0 Å². The maximum absolute atomic E-state index is 10.1. The maximum Gasteiger partial charge on any atom is 0.131 e. The van der Waals surface area contributed by atoms with Crippen molar-refractivity contribution in [2.75, 3.05) is 0 Å². The zero-order valence-electron chi connectivity index (χ0n) is 10.8. The lowest BCUT2D eigenvalue weighted by Gasteiger charge is -2.31. The van der Waals surface area contributed by atoms with Crippen LogP contribution in [0.25, 0.3) is 0 Å². The quantitative estimate of drug-likeness (QED) is 0.806. The van der Waals surface area contributed by atoms with Crippen LogP contribution in [-0.2, 0) is 9.78 Å². The third-order valence-corrected chi connectivity index (χ3v) is 6.96. The third-order valence-electron chi connectivity index (χ3n) is 3.29. The van der Waals surface area contributed by atoms with Gasteiger partial charge in [-0.3, -0.25) is 0 Å². The number of aromatic hydroxyl groups is 1. The Morgan fingerprint density at radius 1 is 1.00 bits per heavy atom. The minimum Gasteiger partial charge on any atom is -0.507 e. The summed E-state index contributed by atoms with van der Waals surface area (Å²) in [5, 5.41) is 10.1. The van der Waals surface area contributed by atoms with Gasteiger partial charge in [0.05, 0.1) is 4.90 Å². The van der Waals surface area contributed by atoms with Gasteiger partial charge >= 0.3 is 0 Å². The van der Waals surface area contributed by atoms with Crippen LogP contribution < -0.4 is 0 Å². The molecule has 1 aliphatic rings. The largest absolute Gasteiger partial charge is 0.507 e. The molecule has 1 aliphatic heterocycles. The van der Waals surface area contributed by atoms with Crippen LogP contribution >= 0.6 is 20.2 Å². The number of halogens is 1. The Kier molecular flexibility index (Phi) is 2.82. The fraction of sp³-hybridized carbons (Fsp3) is 0.200. The smallest absolute Gasteiger partial charge is 0.131 e. The molecule has 4 heteroatoms. The average Bonchev–Trinajstić information content (AvgIpc) is 2.59. The fourth-order valence-corrected chi connectivity index (χ4v) is 6.20. The molecular formula is C15H15ClO2S. The average molecular weight is 295 g/mol. The first kappa shape index (κ1) is 12.9. The van der Waals surface area contributed by atoms with Crippen molar-refractivity contribution in [1.29, 1.82) is 0 Å². The van der Waals surface area contributed by atoms with Gasteiger partial charge in [-0.05, 0) is 42.7 Å². The van der Waals surface area contributed by atoms with Crippen molar-refractivity contribution in [3.05, 3.63) is 54.1 Å². The van der Waals surface area contributed by atoms with Gasteiger partial charge in [-0.25, -0.2) is 0 Å². The number of rotatable bonds is 1. The number of benzene rings is 2. The van der Waals surface area contributed by atoms with Crippen LogP contribution in [0, 0.1) is 0 Å². The molecule has 0 bridgehead atoms. The lowest BCUT2D eigenvalue weighted by atomic mass is 9.99. The highest BCUT2D eigenvalue weighted by atomic mass is 35.7. The van der Waals surface area contributed by atoms with E-state index in [1.807, 2.05) is 50.2 Å². The Balaban J connectivity index is 2.25.